The SMILES string of the molecule is Cc1ccc(S(=O)(=O)N(CC(=O)NC[C@@H](C)c2ccccc2)c2cccc(Cl)c2)cc1. The van der Waals surface area contributed by atoms with Gasteiger partial charge in [-0.3, -0.25) is 9.10 Å². The predicted molar refractivity (Wildman–Crippen MR) is 125 cm³/mol. The zero-order valence-corrected chi connectivity index (χ0v) is 19.0. The molecule has 0 spiro atoms. The van der Waals surface area contributed by atoms with Crippen molar-refractivity contribution in [1.29, 1.82) is 0 Å². The highest BCUT2D eigenvalue weighted by Gasteiger charge is 2.27. The van der Waals surface area contributed by atoms with Crippen LogP contribution in [-0.4, -0.2) is 27.4 Å². The lowest BCUT2D eigenvalue weighted by atomic mass is 10.0. The molecule has 0 heterocycles. The van der Waals surface area contributed by atoms with Gasteiger partial charge in [0.05, 0.1) is 10.6 Å². The van der Waals surface area contributed by atoms with Crippen molar-refractivity contribution in [2.24, 2.45) is 0 Å². The van der Waals surface area contributed by atoms with Crippen LogP contribution in [0.4, 0.5) is 5.69 Å². The van der Waals surface area contributed by atoms with E-state index >= 15 is 0 Å². The number of hydrogen-bond acceptors (Lipinski definition) is 3. The molecule has 0 aliphatic carbocycles. The van der Waals surface area contributed by atoms with Gasteiger partial charge in [-0.2, -0.15) is 0 Å². The number of halogens is 1. The Balaban J connectivity index is 1.81. The van der Waals surface area contributed by atoms with Gasteiger partial charge in [-0.15, -0.1) is 0 Å². The molecule has 0 bridgehead atoms. The van der Waals surface area contributed by atoms with Crippen molar-refractivity contribution in [2.45, 2.75) is 24.7 Å². The Kier molecular flexibility index (Phi) is 7.36. The first kappa shape index (κ1) is 22.8. The Morgan fingerprint density at radius 2 is 1.68 bits per heavy atom. The molecule has 1 amide bonds. The van der Waals surface area contributed by atoms with Crippen molar-refractivity contribution in [3.05, 3.63) is 95.0 Å². The Labute approximate surface area is 188 Å². The normalized spacial score (nSPS) is 12.2. The number of nitrogens with one attached hydrogen (secondary N) is 1. The lowest BCUT2D eigenvalue weighted by molar-refractivity contribution is -0.119. The van der Waals surface area contributed by atoms with E-state index < -0.39 is 15.9 Å². The van der Waals surface area contributed by atoms with E-state index in [9.17, 15) is 13.2 Å². The van der Waals surface area contributed by atoms with Crippen molar-refractivity contribution < 1.29 is 13.2 Å². The van der Waals surface area contributed by atoms with Gasteiger partial charge in [0, 0.05) is 11.6 Å². The van der Waals surface area contributed by atoms with Gasteiger partial charge in [0.15, 0.2) is 0 Å². The monoisotopic (exact) mass is 456 g/mol. The smallest absolute Gasteiger partial charge is 0.264 e. The zero-order chi connectivity index (χ0) is 22.4. The Morgan fingerprint density at radius 3 is 2.32 bits per heavy atom. The van der Waals surface area contributed by atoms with Gasteiger partial charge in [-0.1, -0.05) is 72.6 Å². The van der Waals surface area contributed by atoms with Crippen molar-refractivity contribution in [2.75, 3.05) is 17.4 Å². The number of nitrogens with zero attached hydrogens (tertiary/aromatic N) is 1. The van der Waals surface area contributed by atoms with E-state index in [1.54, 1.807) is 30.3 Å². The number of sulfonamides is 1. The van der Waals surface area contributed by atoms with Crippen molar-refractivity contribution in [1.82, 2.24) is 5.32 Å². The second-order valence-corrected chi connectivity index (χ2v) is 9.72. The van der Waals surface area contributed by atoms with Gasteiger partial charge < -0.3 is 5.32 Å². The fourth-order valence-electron chi connectivity index (χ4n) is 3.14. The summed E-state index contributed by atoms with van der Waals surface area (Å²) in [6.07, 6.45) is 0. The van der Waals surface area contributed by atoms with Gasteiger partial charge in [0.1, 0.15) is 6.54 Å². The molecule has 7 heteroatoms. The average molecular weight is 457 g/mol. The van der Waals surface area contributed by atoms with E-state index in [-0.39, 0.29) is 17.4 Å². The number of carbonyl (C=O) groups excluding carboxylic acids is 1. The number of rotatable bonds is 8. The van der Waals surface area contributed by atoms with E-state index in [0.29, 0.717) is 17.3 Å². The number of amides is 1. The van der Waals surface area contributed by atoms with Crippen LogP contribution in [0.2, 0.25) is 5.02 Å². The molecule has 3 aromatic carbocycles. The summed E-state index contributed by atoms with van der Waals surface area (Å²) in [6.45, 7) is 3.94. The van der Waals surface area contributed by atoms with Crippen LogP contribution >= 0.6 is 11.6 Å². The summed E-state index contributed by atoms with van der Waals surface area (Å²) in [7, 11) is -3.96. The Hall–Kier alpha value is -2.83. The minimum atomic E-state index is -3.96. The Morgan fingerprint density at radius 1 is 1.00 bits per heavy atom. The van der Waals surface area contributed by atoms with E-state index in [0.717, 1.165) is 15.4 Å². The van der Waals surface area contributed by atoms with Crippen LogP contribution in [0.3, 0.4) is 0 Å². The lowest BCUT2D eigenvalue weighted by Gasteiger charge is -2.24. The molecule has 0 fully saturated rings. The average Bonchev–Trinajstić information content (AvgIpc) is 2.76. The minimum Gasteiger partial charge on any atom is -0.354 e. The molecule has 0 unspecified atom stereocenters. The third-order valence-electron chi connectivity index (χ3n) is 4.97. The molecule has 1 N–H and O–H groups in total. The molecule has 0 aliphatic heterocycles. The highest BCUT2D eigenvalue weighted by atomic mass is 35.5. The molecule has 0 aliphatic rings. The van der Waals surface area contributed by atoms with E-state index in [2.05, 4.69) is 5.32 Å². The number of aryl methyl sites for hydroxylation is 1. The maximum Gasteiger partial charge on any atom is 0.264 e. The molecule has 0 saturated heterocycles. The largest absolute Gasteiger partial charge is 0.354 e. The van der Waals surface area contributed by atoms with Crippen LogP contribution in [-0.2, 0) is 14.8 Å². The summed E-state index contributed by atoms with van der Waals surface area (Å²) in [5.74, 6) is -0.295. The van der Waals surface area contributed by atoms with Gasteiger partial charge in [0.25, 0.3) is 10.0 Å². The number of benzene rings is 3. The summed E-state index contributed by atoms with van der Waals surface area (Å²) < 4.78 is 27.8. The highest BCUT2D eigenvalue weighted by Crippen LogP contribution is 2.26. The molecular weight excluding hydrogens is 432 g/mol. The molecule has 162 valence electrons. The topological polar surface area (TPSA) is 66.5 Å². The van der Waals surface area contributed by atoms with E-state index in [1.807, 2.05) is 44.2 Å². The number of anilines is 1. The second-order valence-electron chi connectivity index (χ2n) is 7.42. The maximum absolute atomic E-state index is 13.4. The molecule has 1 atom stereocenters. The van der Waals surface area contributed by atoms with Crippen LogP contribution < -0.4 is 9.62 Å². The molecule has 5 nitrogen and oxygen atoms in total. The number of carbonyl (C=O) groups is 1. The fraction of sp³-hybridized carbons (Fsp3) is 0.208. The van der Waals surface area contributed by atoms with Crippen molar-refractivity contribution in [3.63, 3.8) is 0 Å². The molecule has 3 aromatic rings. The third-order valence-corrected chi connectivity index (χ3v) is 6.99. The number of hydrogen-bond donors (Lipinski definition) is 1. The fourth-order valence-corrected chi connectivity index (χ4v) is 4.73. The van der Waals surface area contributed by atoms with Gasteiger partial charge in [-0.25, -0.2) is 8.42 Å². The van der Waals surface area contributed by atoms with Gasteiger partial charge in [-0.05, 0) is 48.7 Å². The van der Waals surface area contributed by atoms with Crippen LogP contribution in [0, 0.1) is 6.92 Å². The van der Waals surface area contributed by atoms with Crippen LogP contribution in [0.25, 0.3) is 0 Å². The molecule has 31 heavy (non-hydrogen) atoms. The first-order valence-electron chi connectivity index (χ1n) is 9.94. The summed E-state index contributed by atoms with van der Waals surface area (Å²) in [6, 6.07) is 22.8. The van der Waals surface area contributed by atoms with E-state index in [1.165, 1.54) is 18.2 Å². The van der Waals surface area contributed by atoms with Gasteiger partial charge in [0.2, 0.25) is 5.91 Å². The van der Waals surface area contributed by atoms with Crippen LogP contribution in [0.15, 0.2) is 83.8 Å². The standard InChI is InChI=1S/C24H25ClN2O3S/c1-18-11-13-23(14-12-18)31(29,30)27(22-10-6-9-21(25)15-22)17-24(28)26-16-19(2)20-7-4-3-5-8-20/h3-15,19H,16-17H2,1-2H3,(H,26,28)/t19-/m1/s1. The molecular formula is C24H25ClN2O3S. The van der Waals surface area contributed by atoms with Crippen LogP contribution in [0.5, 0.6) is 0 Å². The van der Waals surface area contributed by atoms with Crippen molar-refractivity contribution in [3.8, 4) is 0 Å². The zero-order valence-electron chi connectivity index (χ0n) is 17.5. The maximum atomic E-state index is 13.4. The van der Waals surface area contributed by atoms with Crippen LogP contribution in [0.1, 0.15) is 24.0 Å². The summed E-state index contributed by atoms with van der Waals surface area (Å²) in [5.41, 5.74) is 2.38. The molecule has 0 saturated carbocycles. The van der Waals surface area contributed by atoms with E-state index in [4.69, 9.17) is 11.6 Å². The Bertz CT molecular complexity index is 1130. The first-order chi connectivity index (χ1) is 14.8. The quantitative estimate of drug-likeness (QED) is 0.531. The first-order valence-corrected chi connectivity index (χ1v) is 11.8. The molecule has 3 rings (SSSR count). The second kappa shape index (κ2) is 9.98. The highest BCUT2D eigenvalue weighted by molar-refractivity contribution is 7.92. The molecule has 0 radical (unpaired) electrons. The van der Waals surface area contributed by atoms with Crippen molar-refractivity contribution >= 4 is 33.2 Å². The molecule has 0 aromatic heterocycles. The summed E-state index contributed by atoms with van der Waals surface area (Å²) >= 11 is 6.09. The summed E-state index contributed by atoms with van der Waals surface area (Å²) in [4.78, 5) is 12.8. The minimum absolute atomic E-state index is 0.0958. The summed E-state index contributed by atoms with van der Waals surface area (Å²) in [5, 5.41) is 3.24. The predicted octanol–water partition coefficient (Wildman–Crippen LogP) is 4.76. The van der Waals surface area contributed by atoms with Gasteiger partial charge >= 0.3 is 0 Å². The third kappa shape index (κ3) is 5.87. The lowest BCUT2D eigenvalue weighted by Crippen LogP contribution is -2.41.